The van der Waals surface area contributed by atoms with Gasteiger partial charge >= 0.3 is 5.69 Å². The van der Waals surface area contributed by atoms with Crippen LogP contribution < -0.4 is 16.6 Å². The number of aromatic nitrogens is 4. The zero-order valence-electron chi connectivity index (χ0n) is 13.3. The van der Waals surface area contributed by atoms with E-state index >= 15 is 0 Å². The second kappa shape index (κ2) is 5.75. The van der Waals surface area contributed by atoms with Crippen molar-refractivity contribution in [3.05, 3.63) is 20.8 Å². The van der Waals surface area contributed by atoms with Crippen LogP contribution in [0.25, 0.3) is 11.2 Å². The van der Waals surface area contributed by atoms with Crippen LogP contribution in [0.3, 0.4) is 0 Å². The van der Waals surface area contributed by atoms with Gasteiger partial charge in [0, 0.05) is 27.2 Å². The van der Waals surface area contributed by atoms with Gasteiger partial charge in [0.05, 0.1) is 0 Å². The highest BCUT2D eigenvalue weighted by Crippen LogP contribution is 2.16. The Kier molecular flexibility index (Phi) is 4.20. The summed E-state index contributed by atoms with van der Waals surface area (Å²) in [4.78, 5) is 28.9. The zero-order chi connectivity index (χ0) is 15.7. The smallest absolute Gasteiger partial charge is 0.332 e. The van der Waals surface area contributed by atoms with Crippen LogP contribution in [0.5, 0.6) is 0 Å². The number of nitrogens with zero attached hydrogens (tertiary/aromatic N) is 4. The molecule has 0 aromatic carbocycles. The molecule has 0 atom stereocenters. The number of nitrogens with one attached hydrogen (secondary N) is 1. The van der Waals surface area contributed by atoms with E-state index in [4.69, 9.17) is 0 Å². The second-order valence-corrected chi connectivity index (χ2v) is 5.74. The molecule has 7 nitrogen and oxygen atoms in total. The van der Waals surface area contributed by atoms with Crippen molar-refractivity contribution in [2.24, 2.45) is 20.0 Å². The molecule has 0 aliphatic carbocycles. The van der Waals surface area contributed by atoms with Crippen molar-refractivity contribution in [3.8, 4) is 0 Å². The number of imidazole rings is 1. The Morgan fingerprint density at radius 2 is 1.86 bits per heavy atom. The maximum absolute atomic E-state index is 12.4. The molecule has 2 aromatic heterocycles. The van der Waals surface area contributed by atoms with Crippen molar-refractivity contribution < 1.29 is 0 Å². The van der Waals surface area contributed by atoms with Crippen LogP contribution in [0.2, 0.25) is 0 Å². The van der Waals surface area contributed by atoms with Crippen molar-refractivity contribution in [1.29, 1.82) is 0 Å². The zero-order valence-corrected chi connectivity index (χ0v) is 13.3. The number of hydrogen-bond donors (Lipinski definition) is 1. The minimum absolute atomic E-state index is 0.299. The quantitative estimate of drug-likeness (QED) is 0.889. The van der Waals surface area contributed by atoms with E-state index in [1.165, 1.54) is 11.6 Å². The highest BCUT2D eigenvalue weighted by molar-refractivity contribution is 5.74. The Morgan fingerprint density at radius 1 is 1.19 bits per heavy atom. The first-order valence-corrected chi connectivity index (χ1v) is 7.28. The van der Waals surface area contributed by atoms with Crippen molar-refractivity contribution in [3.63, 3.8) is 0 Å². The summed E-state index contributed by atoms with van der Waals surface area (Å²) in [6.07, 6.45) is 0.883. The number of rotatable bonds is 5. The molecule has 2 rings (SSSR count). The van der Waals surface area contributed by atoms with E-state index in [1.807, 2.05) is 11.5 Å². The van der Waals surface area contributed by atoms with Gasteiger partial charge in [0.2, 0.25) is 5.95 Å². The van der Waals surface area contributed by atoms with Gasteiger partial charge in [-0.25, -0.2) is 4.79 Å². The Bertz CT molecular complexity index is 766. The lowest BCUT2D eigenvalue weighted by molar-refractivity contribution is 0.657. The van der Waals surface area contributed by atoms with Crippen LogP contribution in [-0.4, -0.2) is 25.2 Å². The number of fused-ring (bicyclic) bond motifs is 1. The van der Waals surface area contributed by atoms with Crippen LogP contribution in [-0.2, 0) is 20.6 Å². The third-order valence-electron chi connectivity index (χ3n) is 3.46. The maximum Gasteiger partial charge on any atom is 0.332 e. The summed E-state index contributed by atoms with van der Waals surface area (Å²) in [5.41, 5.74) is 0.256. The first kappa shape index (κ1) is 15.3. The van der Waals surface area contributed by atoms with E-state index in [-0.39, 0.29) is 11.2 Å². The molecular weight excluding hydrogens is 270 g/mol. The summed E-state index contributed by atoms with van der Waals surface area (Å²) >= 11 is 0. The summed E-state index contributed by atoms with van der Waals surface area (Å²) in [5.74, 6) is 1.12. The van der Waals surface area contributed by atoms with Gasteiger partial charge in [-0.1, -0.05) is 20.8 Å². The van der Waals surface area contributed by atoms with E-state index in [0.29, 0.717) is 29.6 Å². The standard InChI is InChI=1S/C14H23N5O2/c1-6-7-19-10-11(16-13(19)15-8-9(2)3)17(4)14(21)18(5)12(10)20/h9H,6-8H2,1-5H3,(H,15,16). The van der Waals surface area contributed by atoms with Crippen molar-refractivity contribution >= 4 is 17.1 Å². The van der Waals surface area contributed by atoms with Gasteiger partial charge in [-0.05, 0) is 12.3 Å². The molecule has 116 valence electrons. The average Bonchev–Trinajstić information content (AvgIpc) is 2.80. The van der Waals surface area contributed by atoms with Gasteiger partial charge in [-0.3, -0.25) is 13.9 Å². The first-order valence-electron chi connectivity index (χ1n) is 7.28. The van der Waals surface area contributed by atoms with Crippen LogP contribution in [0.15, 0.2) is 9.59 Å². The number of aryl methyl sites for hydroxylation is 2. The summed E-state index contributed by atoms with van der Waals surface area (Å²) in [5, 5.41) is 3.27. The molecule has 2 heterocycles. The molecule has 0 fully saturated rings. The van der Waals surface area contributed by atoms with Gasteiger partial charge in [0.25, 0.3) is 5.56 Å². The van der Waals surface area contributed by atoms with E-state index in [1.54, 1.807) is 7.05 Å². The molecule has 2 aromatic rings. The third-order valence-corrected chi connectivity index (χ3v) is 3.46. The highest BCUT2D eigenvalue weighted by atomic mass is 16.2. The van der Waals surface area contributed by atoms with Crippen molar-refractivity contribution in [2.45, 2.75) is 33.7 Å². The number of anilines is 1. The minimum Gasteiger partial charge on any atom is -0.355 e. The molecule has 0 aliphatic heterocycles. The van der Waals surface area contributed by atoms with E-state index in [2.05, 4.69) is 24.1 Å². The van der Waals surface area contributed by atoms with Gasteiger partial charge < -0.3 is 9.88 Å². The molecule has 0 aliphatic rings. The predicted octanol–water partition coefficient (Wildman–Crippen LogP) is 0.912. The minimum atomic E-state index is -0.357. The second-order valence-electron chi connectivity index (χ2n) is 5.74. The van der Waals surface area contributed by atoms with E-state index in [0.717, 1.165) is 17.5 Å². The molecule has 0 unspecified atom stereocenters. The normalized spacial score (nSPS) is 11.5. The molecule has 0 bridgehead atoms. The highest BCUT2D eigenvalue weighted by Gasteiger charge is 2.18. The molecule has 21 heavy (non-hydrogen) atoms. The SMILES string of the molecule is CCCn1c(NCC(C)C)nc2c1c(=O)n(C)c(=O)n2C. The van der Waals surface area contributed by atoms with Crippen molar-refractivity contribution in [2.75, 3.05) is 11.9 Å². The molecule has 0 amide bonds. The lowest BCUT2D eigenvalue weighted by atomic mass is 10.2. The monoisotopic (exact) mass is 293 g/mol. The lowest BCUT2D eigenvalue weighted by Crippen LogP contribution is -2.37. The summed E-state index contributed by atoms with van der Waals surface area (Å²) < 4.78 is 4.42. The molecular formula is C14H23N5O2. The van der Waals surface area contributed by atoms with Crippen molar-refractivity contribution in [1.82, 2.24) is 18.7 Å². The molecule has 0 saturated heterocycles. The third kappa shape index (κ3) is 2.59. The Morgan fingerprint density at radius 3 is 2.43 bits per heavy atom. The molecule has 0 saturated carbocycles. The van der Waals surface area contributed by atoms with Crippen LogP contribution >= 0.6 is 0 Å². The predicted molar refractivity (Wildman–Crippen MR) is 83.8 cm³/mol. The fourth-order valence-corrected chi connectivity index (χ4v) is 2.32. The maximum atomic E-state index is 12.4. The summed E-state index contributed by atoms with van der Waals surface area (Å²) in [7, 11) is 3.13. The first-order chi connectivity index (χ1) is 9.88. The summed E-state index contributed by atoms with van der Waals surface area (Å²) in [6.45, 7) is 7.71. The number of hydrogen-bond acceptors (Lipinski definition) is 4. The Hall–Kier alpha value is -2.05. The van der Waals surface area contributed by atoms with E-state index < -0.39 is 0 Å². The van der Waals surface area contributed by atoms with Crippen LogP contribution in [0.1, 0.15) is 27.2 Å². The fourth-order valence-electron chi connectivity index (χ4n) is 2.32. The van der Waals surface area contributed by atoms with Crippen LogP contribution in [0, 0.1) is 5.92 Å². The topological polar surface area (TPSA) is 73.8 Å². The molecule has 0 spiro atoms. The fraction of sp³-hybridized carbons (Fsp3) is 0.643. The van der Waals surface area contributed by atoms with Gasteiger partial charge in [0.1, 0.15) is 0 Å². The Balaban J connectivity index is 2.74. The largest absolute Gasteiger partial charge is 0.355 e. The molecule has 1 N–H and O–H groups in total. The van der Waals surface area contributed by atoms with Crippen LogP contribution in [0.4, 0.5) is 5.95 Å². The molecule has 7 heteroatoms. The van der Waals surface area contributed by atoms with Gasteiger partial charge in [0.15, 0.2) is 11.2 Å². The lowest BCUT2D eigenvalue weighted by Gasteiger charge is -2.11. The van der Waals surface area contributed by atoms with E-state index in [9.17, 15) is 9.59 Å². The Labute approximate surface area is 123 Å². The van der Waals surface area contributed by atoms with Gasteiger partial charge in [-0.15, -0.1) is 0 Å². The van der Waals surface area contributed by atoms with Gasteiger partial charge in [-0.2, -0.15) is 4.98 Å². The average molecular weight is 293 g/mol. The molecule has 0 radical (unpaired) electrons. The summed E-state index contributed by atoms with van der Waals surface area (Å²) in [6, 6.07) is 0.